The highest BCUT2D eigenvalue weighted by atomic mass is 35.5. The van der Waals surface area contributed by atoms with Gasteiger partial charge in [-0.25, -0.2) is 4.79 Å². The Hall–Kier alpha value is -2.94. The minimum atomic E-state index is -1.41. The van der Waals surface area contributed by atoms with Crippen molar-refractivity contribution in [2.45, 2.75) is 13.0 Å². The van der Waals surface area contributed by atoms with Crippen LogP contribution in [0.25, 0.3) is 5.57 Å². The van der Waals surface area contributed by atoms with Crippen LogP contribution in [-0.4, -0.2) is 50.2 Å². The first kappa shape index (κ1) is 24.3. The van der Waals surface area contributed by atoms with Crippen LogP contribution in [0.15, 0.2) is 48.3 Å². The third-order valence-electron chi connectivity index (χ3n) is 4.64. The lowest BCUT2D eigenvalue weighted by Gasteiger charge is -2.25. The highest BCUT2D eigenvalue weighted by Crippen LogP contribution is 2.36. The molecule has 0 aliphatic rings. The fourth-order valence-electron chi connectivity index (χ4n) is 3.04. The second-order valence-corrected chi connectivity index (χ2v) is 6.86. The van der Waals surface area contributed by atoms with Gasteiger partial charge in [-0.05, 0) is 47.9 Å². The lowest BCUT2D eigenvalue weighted by Crippen LogP contribution is -2.31. The van der Waals surface area contributed by atoms with Crippen LogP contribution < -0.4 is 4.74 Å². The van der Waals surface area contributed by atoms with Gasteiger partial charge in [-0.3, -0.25) is 9.78 Å². The number of hydrogen-bond acceptors (Lipinski definition) is 8. The molecule has 0 bridgehead atoms. The molecule has 1 aromatic carbocycles. The standard InChI is InChI=1S/C22H24ClNO7/c1-13(15-5-6-17(29-3)16(23)11-15)18(21(26)30-4)19(22(27)31-12-28-2)20(25)14-7-9-24-10-8-14/h5-11,19-20,25H,12H2,1-4H3/b18-13-. The molecule has 1 heterocycles. The van der Waals surface area contributed by atoms with Gasteiger partial charge in [-0.1, -0.05) is 17.7 Å². The van der Waals surface area contributed by atoms with Gasteiger partial charge in [0.1, 0.15) is 11.7 Å². The van der Waals surface area contributed by atoms with E-state index in [9.17, 15) is 14.7 Å². The summed E-state index contributed by atoms with van der Waals surface area (Å²) < 4.78 is 20.0. The van der Waals surface area contributed by atoms with Gasteiger partial charge in [-0.15, -0.1) is 0 Å². The molecule has 2 aromatic rings. The second kappa shape index (κ2) is 11.5. The maximum Gasteiger partial charge on any atom is 0.335 e. The number of esters is 2. The van der Waals surface area contributed by atoms with Gasteiger partial charge in [0, 0.05) is 19.5 Å². The van der Waals surface area contributed by atoms with Crippen molar-refractivity contribution in [1.82, 2.24) is 4.98 Å². The van der Waals surface area contributed by atoms with Crippen LogP contribution >= 0.6 is 11.6 Å². The predicted molar refractivity (Wildman–Crippen MR) is 113 cm³/mol. The van der Waals surface area contributed by atoms with Crippen LogP contribution in [0.1, 0.15) is 24.2 Å². The molecular formula is C22H24ClNO7. The van der Waals surface area contributed by atoms with Crippen molar-refractivity contribution in [1.29, 1.82) is 0 Å². The summed E-state index contributed by atoms with van der Waals surface area (Å²) in [4.78, 5) is 29.6. The summed E-state index contributed by atoms with van der Waals surface area (Å²) in [5.41, 5.74) is 1.21. The molecule has 0 radical (unpaired) electrons. The zero-order valence-corrected chi connectivity index (χ0v) is 18.4. The minimum Gasteiger partial charge on any atom is -0.495 e. The molecule has 1 aromatic heterocycles. The molecule has 0 spiro atoms. The molecular weight excluding hydrogens is 426 g/mol. The number of nitrogens with zero attached hydrogens (tertiary/aromatic N) is 1. The molecule has 0 fully saturated rings. The highest BCUT2D eigenvalue weighted by Gasteiger charge is 2.38. The van der Waals surface area contributed by atoms with E-state index < -0.39 is 24.0 Å². The Balaban J connectivity index is 2.67. The average molecular weight is 450 g/mol. The first-order chi connectivity index (χ1) is 14.8. The van der Waals surface area contributed by atoms with Gasteiger partial charge in [0.2, 0.25) is 0 Å². The molecule has 0 aliphatic heterocycles. The topological polar surface area (TPSA) is 104 Å². The third-order valence-corrected chi connectivity index (χ3v) is 4.94. The molecule has 0 saturated carbocycles. The normalized spacial score (nSPS) is 13.6. The highest BCUT2D eigenvalue weighted by molar-refractivity contribution is 6.32. The predicted octanol–water partition coefficient (Wildman–Crippen LogP) is 3.19. The van der Waals surface area contributed by atoms with Crippen molar-refractivity contribution in [2.24, 2.45) is 5.92 Å². The molecule has 2 unspecified atom stereocenters. The molecule has 0 amide bonds. The van der Waals surface area contributed by atoms with Crippen LogP contribution in [0.4, 0.5) is 0 Å². The number of aliphatic hydroxyl groups excluding tert-OH is 1. The average Bonchev–Trinajstić information content (AvgIpc) is 2.80. The number of pyridine rings is 1. The molecule has 2 rings (SSSR count). The van der Waals surface area contributed by atoms with Gasteiger partial charge >= 0.3 is 11.9 Å². The summed E-state index contributed by atoms with van der Waals surface area (Å²) in [6.45, 7) is 1.28. The summed E-state index contributed by atoms with van der Waals surface area (Å²) in [5, 5.41) is 11.4. The molecule has 0 saturated heterocycles. The van der Waals surface area contributed by atoms with Gasteiger partial charge in [0.05, 0.1) is 30.9 Å². The number of benzene rings is 1. The zero-order chi connectivity index (χ0) is 23.0. The third kappa shape index (κ3) is 5.81. The number of ether oxygens (including phenoxy) is 4. The molecule has 31 heavy (non-hydrogen) atoms. The minimum absolute atomic E-state index is 0.0749. The van der Waals surface area contributed by atoms with Crippen molar-refractivity contribution >= 4 is 29.1 Å². The number of rotatable bonds is 9. The van der Waals surface area contributed by atoms with Crippen molar-refractivity contribution in [2.75, 3.05) is 28.1 Å². The van der Waals surface area contributed by atoms with Gasteiger partial charge in [-0.2, -0.15) is 0 Å². The SMILES string of the molecule is COCOC(=O)C(/C(C(=O)OC)=C(\C)c1ccc(OC)c(Cl)c1)C(O)c1ccncc1. The van der Waals surface area contributed by atoms with E-state index in [0.29, 0.717) is 27.5 Å². The summed E-state index contributed by atoms with van der Waals surface area (Å²) in [6.07, 6.45) is 1.52. The second-order valence-electron chi connectivity index (χ2n) is 6.45. The molecule has 166 valence electrons. The van der Waals surface area contributed by atoms with Crippen LogP contribution in [0.2, 0.25) is 5.02 Å². The van der Waals surface area contributed by atoms with E-state index in [1.165, 1.54) is 45.9 Å². The molecule has 2 atom stereocenters. The lowest BCUT2D eigenvalue weighted by atomic mass is 9.84. The first-order valence-corrected chi connectivity index (χ1v) is 9.60. The summed E-state index contributed by atoms with van der Waals surface area (Å²) in [7, 11) is 4.02. The molecule has 9 heteroatoms. The summed E-state index contributed by atoms with van der Waals surface area (Å²) >= 11 is 6.23. The van der Waals surface area contributed by atoms with E-state index in [2.05, 4.69) is 4.98 Å². The first-order valence-electron chi connectivity index (χ1n) is 9.22. The van der Waals surface area contributed by atoms with Gasteiger partial charge in [0.15, 0.2) is 6.79 Å². The van der Waals surface area contributed by atoms with E-state index >= 15 is 0 Å². The van der Waals surface area contributed by atoms with E-state index in [-0.39, 0.29) is 12.4 Å². The Morgan fingerprint density at radius 2 is 1.81 bits per heavy atom. The van der Waals surface area contributed by atoms with E-state index in [0.717, 1.165) is 0 Å². The number of methoxy groups -OCH3 is 3. The Kier molecular flexibility index (Phi) is 8.99. The molecule has 1 N–H and O–H groups in total. The summed E-state index contributed by atoms with van der Waals surface area (Å²) in [6, 6.07) is 7.98. The monoisotopic (exact) mass is 449 g/mol. The maximum absolute atomic E-state index is 12.9. The zero-order valence-electron chi connectivity index (χ0n) is 17.6. The Bertz CT molecular complexity index is 946. The number of aliphatic hydroxyl groups is 1. The van der Waals surface area contributed by atoms with Gasteiger partial charge < -0.3 is 24.1 Å². The van der Waals surface area contributed by atoms with Crippen LogP contribution in [0.5, 0.6) is 5.75 Å². The largest absolute Gasteiger partial charge is 0.495 e. The van der Waals surface area contributed by atoms with Crippen molar-refractivity contribution in [3.05, 3.63) is 64.4 Å². The number of halogens is 1. The van der Waals surface area contributed by atoms with E-state index in [1.807, 2.05) is 0 Å². The maximum atomic E-state index is 12.9. The fraction of sp³-hybridized carbons (Fsp3) is 0.318. The number of carbonyl (C=O) groups excluding carboxylic acids is 2. The number of aromatic nitrogens is 1. The Morgan fingerprint density at radius 3 is 2.35 bits per heavy atom. The molecule has 0 aliphatic carbocycles. The number of hydrogen-bond donors (Lipinski definition) is 1. The number of carbonyl (C=O) groups is 2. The molecule has 8 nitrogen and oxygen atoms in total. The fourth-order valence-corrected chi connectivity index (χ4v) is 3.30. The van der Waals surface area contributed by atoms with Crippen molar-refractivity contribution in [3.8, 4) is 5.75 Å². The van der Waals surface area contributed by atoms with Crippen molar-refractivity contribution in [3.63, 3.8) is 0 Å². The lowest BCUT2D eigenvalue weighted by molar-refractivity contribution is -0.163. The Morgan fingerprint density at radius 1 is 1.13 bits per heavy atom. The summed E-state index contributed by atoms with van der Waals surface area (Å²) in [5.74, 6) is -2.60. The van der Waals surface area contributed by atoms with Crippen molar-refractivity contribution < 1.29 is 33.6 Å². The van der Waals surface area contributed by atoms with Crippen LogP contribution in [-0.2, 0) is 23.8 Å². The van der Waals surface area contributed by atoms with Gasteiger partial charge in [0.25, 0.3) is 0 Å². The van der Waals surface area contributed by atoms with E-state index in [1.54, 1.807) is 25.1 Å². The quantitative estimate of drug-likeness (QED) is 0.353. The smallest absolute Gasteiger partial charge is 0.335 e. The van der Waals surface area contributed by atoms with Crippen LogP contribution in [0, 0.1) is 5.92 Å². The van der Waals surface area contributed by atoms with E-state index in [4.69, 9.17) is 30.5 Å². The Labute approximate surface area is 185 Å². The van der Waals surface area contributed by atoms with Crippen LogP contribution in [0.3, 0.4) is 0 Å². The number of allylic oxidation sites excluding steroid dienone is 1.